The van der Waals surface area contributed by atoms with Gasteiger partial charge in [0.15, 0.2) is 12.0 Å². The molecule has 88 valence electrons. The molecule has 0 unspecified atom stereocenters. The van der Waals surface area contributed by atoms with Crippen LogP contribution in [-0.2, 0) is 5.75 Å². The summed E-state index contributed by atoms with van der Waals surface area (Å²) in [6.45, 7) is 0. The van der Waals surface area contributed by atoms with E-state index in [-0.39, 0.29) is 0 Å². The van der Waals surface area contributed by atoms with E-state index in [0.717, 1.165) is 10.7 Å². The Morgan fingerprint density at radius 3 is 2.65 bits per heavy atom. The second-order valence-electron chi connectivity index (χ2n) is 3.29. The highest BCUT2D eigenvalue weighted by Gasteiger charge is 2.04. The maximum Gasteiger partial charge on any atom is 0.185 e. The van der Waals surface area contributed by atoms with Crippen LogP contribution >= 0.6 is 35.0 Å². The first-order chi connectivity index (χ1) is 8.19. The van der Waals surface area contributed by atoms with E-state index in [1.165, 1.54) is 0 Å². The van der Waals surface area contributed by atoms with E-state index in [1.54, 1.807) is 36.0 Å². The second-order valence-corrected chi connectivity index (χ2v) is 5.15. The summed E-state index contributed by atoms with van der Waals surface area (Å²) >= 11 is 13.3. The Morgan fingerprint density at radius 2 is 2.00 bits per heavy atom. The SMILES string of the molecule is O=Cc1ccc(CSc2ccc(Cl)c(Cl)c2)o1. The fourth-order valence-corrected chi connectivity index (χ4v) is 2.45. The van der Waals surface area contributed by atoms with Gasteiger partial charge in [0.05, 0.1) is 15.8 Å². The molecule has 5 heteroatoms. The van der Waals surface area contributed by atoms with Crippen molar-refractivity contribution in [1.29, 1.82) is 0 Å². The lowest BCUT2D eigenvalue weighted by Gasteiger charge is -2.01. The summed E-state index contributed by atoms with van der Waals surface area (Å²) < 4.78 is 5.26. The molecule has 0 N–H and O–H groups in total. The van der Waals surface area contributed by atoms with Crippen molar-refractivity contribution in [2.75, 3.05) is 0 Å². The van der Waals surface area contributed by atoms with E-state index in [1.807, 2.05) is 6.07 Å². The van der Waals surface area contributed by atoms with Gasteiger partial charge >= 0.3 is 0 Å². The first-order valence-electron chi connectivity index (χ1n) is 4.81. The van der Waals surface area contributed by atoms with Crippen molar-refractivity contribution >= 4 is 41.2 Å². The summed E-state index contributed by atoms with van der Waals surface area (Å²) in [6, 6.07) is 8.89. The van der Waals surface area contributed by atoms with Crippen LogP contribution in [0.15, 0.2) is 39.6 Å². The first kappa shape index (κ1) is 12.6. The normalized spacial score (nSPS) is 10.5. The highest BCUT2D eigenvalue weighted by atomic mass is 35.5. The van der Waals surface area contributed by atoms with E-state index < -0.39 is 0 Å². The lowest BCUT2D eigenvalue weighted by Crippen LogP contribution is -1.77. The summed E-state index contributed by atoms with van der Waals surface area (Å²) in [5, 5.41) is 1.07. The fourth-order valence-electron chi connectivity index (χ4n) is 1.26. The lowest BCUT2D eigenvalue weighted by atomic mass is 10.4. The Morgan fingerprint density at radius 1 is 1.18 bits per heavy atom. The van der Waals surface area contributed by atoms with E-state index in [2.05, 4.69) is 0 Å². The molecule has 0 spiro atoms. The van der Waals surface area contributed by atoms with Crippen molar-refractivity contribution in [2.24, 2.45) is 0 Å². The molecule has 0 bridgehead atoms. The first-order valence-corrected chi connectivity index (χ1v) is 6.55. The quantitative estimate of drug-likeness (QED) is 0.603. The Balaban J connectivity index is 2.01. The third-order valence-corrected chi connectivity index (χ3v) is 3.83. The highest BCUT2D eigenvalue weighted by Crippen LogP contribution is 2.29. The van der Waals surface area contributed by atoms with E-state index in [0.29, 0.717) is 27.8 Å². The molecule has 0 atom stereocenters. The van der Waals surface area contributed by atoms with E-state index in [9.17, 15) is 4.79 Å². The predicted molar refractivity (Wildman–Crippen MR) is 70.1 cm³/mol. The van der Waals surface area contributed by atoms with Gasteiger partial charge in [0.2, 0.25) is 0 Å². The van der Waals surface area contributed by atoms with Crippen LogP contribution < -0.4 is 0 Å². The van der Waals surface area contributed by atoms with Crippen molar-refractivity contribution in [2.45, 2.75) is 10.6 Å². The van der Waals surface area contributed by atoms with E-state index in [4.69, 9.17) is 27.6 Å². The monoisotopic (exact) mass is 286 g/mol. The average molecular weight is 287 g/mol. The summed E-state index contributed by atoms with van der Waals surface area (Å²) in [7, 11) is 0. The zero-order chi connectivity index (χ0) is 12.3. The number of hydrogen-bond acceptors (Lipinski definition) is 3. The van der Waals surface area contributed by atoms with Gasteiger partial charge in [0.1, 0.15) is 5.76 Å². The topological polar surface area (TPSA) is 30.2 Å². The molecule has 1 aromatic heterocycles. The summed E-state index contributed by atoms with van der Waals surface area (Å²) in [4.78, 5) is 11.4. The largest absolute Gasteiger partial charge is 0.457 e. The van der Waals surface area contributed by atoms with Gasteiger partial charge in [-0.2, -0.15) is 0 Å². The highest BCUT2D eigenvalue weighted by molar-refractivity contribution is 7.98. The van der Waals surface area contributed by atoms with Crippen LogP contribution in [0.2, 0.25) is 10.0 Å². The zero-order valence-corrected chi connectivity index (χ0v) is 11.0. The van der Waals surface area contributed by atoms with Gasteiger partial charge in [0, 0.05) is 4.90 Å². The number of benzene rings is 1. The maximum absolute atomic E-state index is 10.4. The molecule has 0 saturated carbocycles. The Labute approximate surface area is 113 Å². The number of halogens is 2. The molecular formula is C12H8Cl2O2S. The van der Waals surface area contributed by atoms with Crippen LogP contribution in [0.1, 0.15) is 16.3 Å². The van der Waals surface area contributed by atoms with Gasteiger partial charge in [-0.25, -0.2) is 0 Å². The third kappa shape index (κ3) is 3.28. The van der Waals surface area contributed by atoms with Gasteiger partial charge < -0.3 is 4.42 Å². The molecule has 0 amide bonds. The van der Waals surface area contributed by atoms with Crippen LogP contribution in [-0.4, -0.2) is 6.29 Å². The van der Waals surface area contributed by atoms with Crippen molar-refractivity contribution in [3.05, 3.63) is 51.9 Å². The average Bonchev–Trinajstić information content (AvgIpc) is 2.79. The van der Waals surface area contributed by atoms with Crippen LogP contribution in [0.4, 0.5) is 0 Å². The minimum atomic E-state index is 0.342. The second kappa shape index (κ2) is 5.63. The number of thioether (sulfide) groups is 1. The Kier molecular flexibility index (Phi) is 4.15. The van der Waals surface area contributed by atoms with Crippen molar-refractivity contribution in [1.82, 2.24) is 0 Å². The molecule has 0 radical (unpaired) electrons. The van der Waals surface area contributed by atoms with E-state index >= 15 is 0 Å². The Hall–Kier alpha value is -0.900. The molecule has 0 aliphatic rings. The zero-order valence-electron chi connectivity index (χ0n) is 8.65. The smallest absolute Gasteiger partial charge is 0.185 e. The molecule has 0 aliphatic heterocycles. The summed E-state index contributed by atoms with van der Waals surface area (Å²) in [5.41, 5.74) is 0. The summed E-state index contributed by atoms with van der Waals surface area (Å²) in [6.07, 6.45) is 0.688. The predicted octanol–water partition coefficient (Wildman–Crippen LogP) is 4.69. The van der Waals surface area contributed by atoms with Crippen LogP contribution in [0.25, 0.3) is 0 Å². The molecule has 1 heterocycles. The standard InChI is InChI=1S/C12H8Cl2O2S/c13-11-4-3-10(5-12(11)14)17-7-9-2-1-8(6-15)16-9/h1-6H,7H2. The molecule has 2 rings (SSSR count). The number of carbonyl (C=O) groups is 1. The van der Waals surface area contributed by atoms with Gasteiger partial charge in [-0.1, -0.05) is 23.2 Å². The van der Waals surface area contributed by atoms with Gasteiger partial charge in [-0.15, -0.1) is 11.8 Å². The molecule has 2 aromatic rings. The minimum Gasteiger partial charge on any atom is -0.457 e. The van der Waals surface area contributed by atoms with Crippen molar-refractivity contribution < 1.29 is 9.21 Å². The third-order valence-electron chi connectivity index (χ3n) is 2.07. The molecule has 1 aromatic carbocycles. The number of carbonyl (C=O) groups excluding carboxylic acids is 1. The van der Waals surface area contributed by atoms with Crippen molar-refractivity contribution in [3.8, 4) is 0 Å². The molecule has 0 fully saturated rings. The number of rotatable bonds is 4. The summed E-state index contributed by atoms with van der Waals surface area (Å²) in [5.74, 6) is 1.74. The molecular weight excluding hydrogens is 279 g/mol. The lowest BCUT2D eigenvalue weighted by molar-refractivity contribution is 0.109. The van der Waals surface area contributed by atoms with Gasteiger partial charge in [-0.05, 0) is 30.3 Å². The van der Waals surface area contributed by atoms with Crippen LogP contribution in [0, 0.1) is 0 Å². The molecule has 2 nitrogen and oxygen atoms in total. The van der Waals surface area contributed by atoms with Crippen molar-refractivity contribution in [3.63, 3.8) is 0 Å². The maximum atomic E-state index is 10.4. The Bertz CT molecular complexity index is 537. The van der Waals surface area contributed by atoms with Gasteiger partial charge in [0.25, 0.3) is 0 Å². The number of hydrogen-bond donors (Lipinski definition) is 0. The fraction of sp³-hybridized carbons (Fsp3) is 0.0833. The molecule has 0 saturated heterocycles. The molecule has 17 heavy (non-hydrogen) atoms. The number of aldehydes is 1. The van der Waals surface area contributed by atoms with Crippen LogP contribution in [0.3, 0.4) is 0 Å². The molecule has 0 aliphatic carbocycles. The van der Waals surface area contributed by atoms with Gasteiger partial charge in [-0.3, -0.25) is 4.79 Å². The van der Waals surface area contributed by atoms with Crippen LogP contribution in [0.5, 0.6) is 0 Å². The minimum absolute atomic E-state index is 0.342. The number of furan rings is 1.